The van der Waals surface area contributed by atoms with Crippen LogP contribution < -0.4 is 5.73 Å². The molecule has 0 aromatic carbocycles. The van der Waals surface area contributed by atoms with E-state index in [0.717, 1.165) is 0 Å². The van der Waals surface area contributed by atoms with Crippen LogP contribution in [0.15, 0.2) is 0 Å². The minimum Gasteiger partial charge on any atom is -0.381 e. The minimum absolute atomic E-state index is 0.149. The van der Waals surface area contributed by atoms with Gasteiger partial charge in [-0.3, -0.25) is 0 Å². The molecule has 10 heavy (non-hydrogen) atoms. The summed E-state index contributed by atoms with van der Waals surface area (Å²) < 4.78 is 0. The lowest BCUT2D eigenvalue weighted by atomic mass is 10.5. The Hall–Kier alpha value is -0.540. The Morgan fingerprint density at radius 1 is 1.20 bits per heavy atom. The molecule has 0 fully saturated rings. The van der Waals surface area contributed by atoms with Crippen LogP contribution in [0.5, 0.6) is 0 Å². The van der Waals surface area contributed by atoms with Gasteiger partial charge in [-0.15, -0.1) is 0 Å². The molecule has 0 unspecified atom stereocenters. The number of nitrogens with two attached hydrogens (primary N) is 1. The lowest BCUT2D eigenvalue weighted by molar-refractivity contribution is 1.13. The zero-order valence-corrected chi connectivity index (χ0v) is 6.74. The number of aromatic nitrogens is 2. The van der Waals surface area contributed by atoms with E-state index in [2.05, 4.69) is 9.97 Å². The molecule has 1 heterocycles. The summed E-state index contributed by atoms with van der Waals surface area (Å²) >= 11 is 11.1. The van der Waals surface area contributed by atoms with Crippen molar-refractivity contribution in [3.8, 4) is 0 Å². The van der Waals surface area contributed by atoms with Crippen molar-refractivity contribution in [2.75, 3.05) is 5.73 Å². The summed E-state index contributed by atoms with van der Waals surface area (Å²) in [6, 6.07) is 0. The van der Waals surface area contributed by atoms with Gasteiger partial charge in [0.05, 0.1) is 5.69 Å². The third-order valence-electron chi connectivity index (χ3n) is 0.994. The molecule has 0 aliphatic heterocycles. The molecule has 5 heteroatoms. The first kappa shape index (κ1) is 7.57. The molecule has 0 aliphatic carbocycles. The van der Waals surface area contributed by atoms with Gasteiger partial charge in [0.25, 0.3) is 0 Å². The Labute approximate surface area is 68.2 Å². The van der Waals surface area contributed by atoms with Crippen molar-refractivity contribution >= 4 is 29.0 Å². The van der Waals surface area contributed by atoms with Gasteiger partial charge in [-0.2, -0.15) is 0 Å². The zero-order chi connectivity index (χ0) is 7.72. The molecule has 2 N–H and O–H groups in total. The average Bonchev–Trinajstić information content (AvgIpc) is 1.84. The number of nitrogens with zero attached hydrogens (tertiary/aromatic N) is 2. The molecule has 1 aromatic rings. The van der Waals surface area contributed by atoms with Crippen LogP contribution in [0.1, 0.15) is 5.69 Å². The topological polar surface area (TPSA) is 51.8 Å². The molecule has 3 nitrogen and oxygen atoms in total. The van der Waals surface area contributed by atoms with Crippen LogP contribution in [0.3, 0.4) is 0 Å². The van der Waals surface area contributed by atoms with Gasteiger partial charge in [-0.1, -0.05) is 23.2 Å². The fraction of sp³-hybridized carbons (Fsp3) is 0.200. The predicted molar refractivity (Wildman–Crippen MR) is 41.2 cm³/mol. The van der Waals surface area contributed by atoms with Crippen molar-refractivity contribution in [1.82, 2.24) is 9.97 Å². The summed E-state index contributed by atoms with van der Waals surface area (Å²) in [6.45, 7) is 1.71. The molecule has 0 atom stereocenters. The van der Waals surface area contributed by atoms with E-state index < -0.39 is 0 Å². The maximum absolute atomic E-state index is 5.57. The molecular weight excluding hydrogens is 173 g/mol. The summed E-state index contributed by atoms with van der Waals surface area (Å²) in [6.07, 6.45) is 0. The second-order valence-electron chi connectivity index (χ2n) is 1.78. The highest BCUT2D eigenvalue weighted by atomic mass is 35.5. The summed E-state index contributed by atoms with van der Waals surface area (Å²) in [5.74, 6) is 0.212. The van der Waals surface area contributed by atoms with E-state index >= 15 is 0 Å². The van der Waals surface area contributed by atoms with Crippen LogP contribution in [0.4, 0.5) is 5.82 Å². The highest BCUT2D eigenvalue weighted by Gasteiger charge is 2.03. The summed E-state index contributed by atoms with van der Waals surface area (Å²) in [5, 5.41) is 0.440. The third kappa shape index (κ3) is 1.30. The van der Waals surface area contributed by atoms with Crippen LogP contribution in [-0.4, -0.2) is 9.97 Å². The molecule has 0 amide bonds. The first-order chi connectivity index (χ1) is 4.61. The number of hydrogen-bond acceptors (Lipinski definition) is 3. The Kier molecular flexibility index (Phi) is 1.97. The van der Waals surface area contributed by atoms with Crippen molar-refractivity contribution < 1.29 is 0 Å². The van der Waals surface area contributed by atoms with E-state index in [1.54, 1.807) is 6.92 Å². The minimum atomic E-state index is 0.149. The number of anilines is 1. The quantitative estimate of drug-likeness (QED) is 0.657. The molecule has 1 rings (SSSR count). The van der Waals surface area contributed by atoms with E-state index in [1.165, 1.54) is 0 Å². The maximum Gasteiger partial charge on any atom is 0.172 e. The second-order valence-corrected chi connectivity index (χ2v) is 2.49. The molecule has 0 spiro atoms. The Morgan fingerprint density at radius 2 is 1.80 bits per heavy atom. The van der Waals surface area contributed by atoms with E-state index in [4.69, 9.17) is 28.9 Å². The SMILES string of the molecule is Cc1nc(N)c(Cl)nc1Cl. The van der Waals surface area contributed by atoms with E-state index in [-0.39, 0.29) is 11.0 Å². The van der Waals surface area contributed by atoms with Crippen LogP contribution >= 0.6 is 23.2 Å². The number of hydrogen-bond donors (Lipinski definition) is 1. The van der Waals surface area contributed by atoms with E-state index in [0.29, 0.717) is 10.8 Å². The molecule has 1 aromatic heterocycles. The van der Waals surface area contributed by atoms with Crippen molar-refractivity contribution in [2.45, 2.75) is 6.92 Å². The monoisotopic (exact) mass is 177 g/mol. The number of halogens is 2. The molecular formula is C5H5Cl2N3. The van der Waals surface area contributed by atoms with Crippen LogP contribution in [0.2, 0.25) is 10.3 Å². The van der Waals surface area contributed by atoms with Crippen molar-refractivity contribution in [3.63, 3.8) is 0 Å². The first-order valence-corrected chi connectivity index (χ1v) is 3.32. The second kappa shape index (κ2) is 2.60. The number of nitrogen functional groups attached to an aromatic ring is 1. The third-order valence-corrected chi connectivity index (χ3v) is 1.63. The standard InChI is InChI=1S/C5H5Cl2N3/c1-2-3(6)10-4(7)5(8)9-2/h1H3,(H2,8,9). The van der Waals surface area contributed by atoms with Crippen molar-refractivity contribution in [3.05, 3.63) is 16.0 Å². The Bertz CT molecular complexity index is 211. The highest BCUT2D eigenvalue weighted by molar-refractivity contribution is 6.33. The van der Waals surface area contributed by atoms with Crippen molar-refractivity contribution in [2.24, 2.45) is 0 Å². The normalized spacial score (nSPS) is 9.90. The Balaban J connectivity index is 3.28. The molecule has 0 aliphatic rings. The zero-order valence-electron chi connectivity index (χ0n) is 5.23. The Morgan fingerprint density at radius 3 is 2.30 bits per heavy atom. The van der Waals surface area contributed by atoms with Crippen LogP contribution in [0.25, 0.3) is 0 Å². The van der Waals surface area contributed by atoms with E-state index in [1.807, 2.05) is 0 Å². The lowest BCUT2D eigenvalue weighted by Gasteiger charge is -1.98. The summed E-state index contributed by atoms with van der Waals surface area (Å²) in [4.78, 5) is 7.54. The number of aryl methyl sites for hydroxylation is 1. The molecule has 0 bridgehead atoms. The van der Waals surface area contributed by atoms with Gasteiger partial charge in [0, 0.05) is 0 Å². The smallest absolute Gasteiger partial charge is 0.172 e. The van der Waals surface area contributed by atoms with Gasteiger partial charge in [0.2, 0.25) is 0 Å². The molecule has 0 saturated heterocycles. The summed E-state index contributed by atoms with van der Waals surface area (Å²) in [7, 11) is 0. The molecule has 54 valence electrons. The summed E-state index contributed by atoms with van der Waals surface area (Å²) in [5.41, 5.74) is 5.91. The average molecular weight is 178 g/mol. The predicted octanol–water partition coefficient (Wildman–Crippen LogP) is 1.67. The van der Waals surface area contributed by atoms with Gasteiger partial charge in [0.1, 0.15) is 0 Å². The number of rotatable bonds is 0. The van der Waals surface area contributed by atoms with Gasteiger partial charge in [-0.05, 0) is 6.92 Å². The van der Waals surface area contributed by atoms with Gasteiger partial charge >= 0.3 is 0 Å². The lowest BCUT2D eigenvalue weighted by Crippen LogP contribution is -1.96. The first-order valence-electron chi connectivity index (χ1n) is 2.56. The van der Waals surface area contributed by atoms with Crippen LogP contribution in [-0.2, 0) is 0 Å². The molecule has 0 radical (unpaired) electrons. The fourth-order valence-electron chi connectivity index (χ4n) is 0.497. The van der Waals surface area contributed by atoms with Gasteiger partial charge in [0.15, 0.2) is 16.1 Å². The maximum atomic E-state index is 5.57. The molecule has 0 saturated carbocycles. The fourth-order valence-corrected chi connectivity index (χ4v) is 0.794. The van der Waals surface area contributed by atoms with Crippen LogP contribution in [0, 0.1) is 6.92 Å². The van der Waals surface area contributed by atoms with E-state index in [9.17, 15) is 0 Å². The largest absolute Gasteiger partial charge is 0.381 e. The van der Waals surface area contributed by atoms with Gasteiger partial charge in [-0.25, -0.2) is 9.97 Å². The van der Waals surface area contributed by atoms with Gasteiger partial charge < -0.3 is 5.73 Å². The van der Waals surface area contributed by atoms with Crippen molar-refractivity contribution in [1.29, 1.82) is 0 Å². The highest BCUT2D eigenvalue weighted by Crippen LogP contribution is 2.18.